The zero-order valence-corrected chi connectivity index (χ0v) is 12.8. The highest BCUT2D eigenvalue weighted by Crippen LogP contribution is 2.34. The second-order valence-corrected chi connectivity index (χ2v) is 5.05. The minimum Gasteiger partial charge on any atom is -0.497 e. The molecule has 120 valence electrons. The second-order valence-electron chi connectivity index (χ2n) is 5.05. The maximum absolute atomic E-state index is 11.9. The Hall–Kier alpha value is -2.89. The minimum absolute atomic E-state index is 0.215. The molecule has 2 N–H and O–H groups in total. The van der Waals surface area contributed by atoms with E-state index in [0.29, 0.717) is 23.7 Å². The molecule has 2 aromatic carbocycles. The number of hydrogen-bond donors (Lipinski definition) is 2. The van der Waals surface area contributed by atoms with E-state index in [1.165, 1.54) is 0 Å². The number of urea groups is 1. The number of methoxy groups -OCH3 is 1. The summed E-state index contributed by atoms with van der Waals surface area (Å²) in [6.45, 7) is 0.759. The van der Waals surface area contributed by atoms with Crippen molar-refractivity contribution in [2.75, 3.05) is 25.8 Å². The van der Waals surface area contributed by atoms with Crippen LogP contribution in [0.2, 0.25) is 0 Å². The molecule has 1 aliphatic heterocycles. The van der Waals surface area contributed by atoms with Crippen LogP contribution in [-0.2, 0) is 6.42 Å². The summed E-state index contributed by atoms with van der Waals surface area (Å²) < 4.78 is 15.6. The van der Waals surface area contributed by atoms with Crippen LogP contribution in [0.15, 0.2) is 42.5 Å². The molecule has 3 rings (SSSR count). The van der Waals surface area contributed by atoms with Crippen LogP contribution in [0.4, 0.5) is 10.5 Å². The minimum atomic E-state index is -0.252. The van der Waals surface area contributed by atoms with Crippen LogP contribution in [0.1, 0.15) is 5.56 Å². The zero-order valence-electron chi connectivity index (χ0n) is 12.8. The zero-order chi connectivity index (χ0) is 16.1. The van der Waals surface area contributed by atoms with Crippen molar-refractivity contribution in [2.24, 2.45) is 0 Å². The average molecular weight is 314 g/mol. The van der Waals surface area contributed by atoms with Gasteiger partial charge >= 0.3 is 6.03 Å². The highest BCUT2D eigenvalue weighted by atomic mass is 16.7. The van der Waals surface area contributed by atoms with Gasteiger partial charge in [0.15, 0.2) is 11.5 Å². The lowest BCUT2D eigenvalue weighted by Gasteiger charge is -2.08. The van der Waals surface area contributed by atoms with Crippen LogP contribution in [0.25, 0.3) is 0 Å². The Morgan fingerprint density at radius 3 is 2.70 bits per heavy atom. The molecule has 0 spiro atoms. The Balaban J connectivity index is 1.46. The third-order valence-electron chi connectivity index (χ3n) is 3.49. The highest BCUT2D eigenvalue weighted by molar-refractivity contribution is 5.89. The fourth-order valence-electron chi connectivity index (χ4n) is 2.26. The molecule has 0 fully saturated rings. The van der Waals surface area contributed by atoms with Gasteiger partial charge in [0, 0.05) is 18.3 Å². The summed E-state index contributed by atoms with van der Waals surface area (Å²) >= 11 is 0. The Kier molecular flexibility index (Phi) is 4.52. The second kappa shape index (κ2) is 6.91. The number of nitrogens with one attached hydrogen (secondary N) is 2. The summed E-state index contributed by atoms with van der Waals surface area (Å²) in [6.07, 6.45) is 0.749. The lowest BCUT2D eigenvalue weighted by Crippen LogP contribution is -2.30. The summed E-state index contributed by atoms with van der Waals surface area (Å²) in [4.78, 5) is 11.9. The number of fused-ring (bicyclic) bond motifs is 1. The lowest BCUT2D eigenvalue weighted by atomic mass is 10.1. The van der Waals surface area contributed by atoms with E-state index >= 15 is 0 Å². The van der Waals surface area contributed by atoms with Crippen molar-refractivity contribution in [3.8, 4) is 17.2 Å². The van der Waals surface area contributed by atoms with Crippen molar-refractivity contribution >= 4 is 11.7 Å². The summed E-state index contributed by atoms with van der Waals surface area (Å²) in [5.41, 5.74) is 1.80. The quantitative estimate of drug-likeness (QED) is 0.890. The van der Waals surface area contributed by atoms with Gasteiger partial charge < -0.3 is 24.8 Å². The number of benzene rings is 2. The molecule has 0 radical (unpaired) electrons. The van der Waals surface area contributed by atoms with Gasteiger partial charge in [-0.1, -0.05) is 12.1 Å². The summed E-state index contributed by atoms with van der Waals surface area (Å²) in [6, 6.07) is 12.8. The maximum atomic E-state index is 11.9. The number of carbonyl (C=O) groups is 1. The van der Waals surface area contributed by atoms with Gasteiger partial charge in [-0.3, -0.25) is 0 Å². The van der Waals surface area contributed by atoms with Gasteiger partial charge in [0.05, 0.1) is 7.11 Å². The van der Waals surface area contributed by atoms with E-state index in [1.807, 2.05) is 24.3 Å². The summed E-state index contributed by atoms with van der Waals surface area (Å²) in [5, 5.41) is 5.59. The lowest BCUT2D eigenvalue weighted by molar-refractivity contribution is 0.174. The molecular formula is C17H18N2O4. The first-order valence-electron chi connectivity index (χ1n) is 7.32. The van der Waals surface area contributed by atoms with Crippen LogP contribution in [0, 0.1) is 0 Å². The van der Waals surface area contributed by atoms with Gasteiger partial charge in [-0.05, 0) is 36.2 Å². The molecule has 0 aromatic heterocycles. The van der Waals surface area contributed by atoms with Gasteiger partial charge in [-0.2, -0.15) is 0 Å². The molecule has 0 bridgehead atoms. The van der Waals surface area contributed by atoms with Gasteiger partial charge in [0.1, 0.15) is 5.75 Å². The molecule has 2 amide bonds. The first-order chi connectivity index (χ1) is 11.2. The third kappa shape index (κ3) is 3.85. The molecule has 1 aliphatic rings. The summed E-state index contributed by atoms with van der Waals surface area (Å²) in [7, 11) is 1.64. The normalized spacial score (nSPS) is 11.9. The van der Waals surface area contributed by atoms with E-state index in [0.717, 1.165) is 17.7 Å². The first-order valence-corrected chi connectivity index (χ1v) is 7.32. The largest absolute Gasteiger partial charge is 0.497 e. The molecule has 0 saturated carbocycles. The van der Waals surface area contributed by atoms with Crippen LogP contribution >= 0.6 is 0 Å². The summed E-state index contributed by atoms with van der Waals surface area (Å²) in [5.74, 6) is 2.15. The molecule has 2 aromatic rings. The van der Waals surface area contributed by atoms with Gasteiger partial charge in [-0.15, -0.1) is 0 Å². The smallest absolute Gasteiger partial charge is 0.319 e. The number of carbonyl (C=O) groups excluding carboxylic acids is 1. The van der Waals surface area contributed by atoms with Crippen molar-refractivity contribution in [3.63, 3.8) is 0 Å². The van der Waals surface area contributed by atoms with Gasteiger partial charge in [0.2, 0.25) is 6.79 Å². The van der Waals surface area contributed by atoms with Crippen LogP contribution in [0.5, 0.6) is 17.2 Å². The Labute approximate surface area is 134 Å². The number of anilines is 1. The Morgan fingerprint density at radius 1 is 1.13 bits per heavy atom. The van der Waals surface area contributed by atoms with Gasteiger partial charge in [-0.25, -0.2) is 4.79 Å². The number of amides is 2. The molecule has 6 nitrogen and oxygen atoms in total. The van der Waals surface area contributed by atoms with Crippen molar-refractivity contribution < 1.29 is 19.0 Å². The molecule has 1 heterocycles. The van der Waals surface area contributed by atoms with Crippen molar-refractivity contribution in [1.29, 1.82) is 0 Å². The van der Waals surface area contributed by atoms with E-state index in [1.54, 1.807) is 25.3 Å². The SMILES string of the molecule is COc1ccc(CCNC(=O)Nc2ccc3c(c2)OCO3)cc1. The highest BCUT2D eigenvalue weighted by Gasteiger charge is 2.13. The molecule has 0 unspecified atom stereocenters. The first kappa shape index (κ1) is 15.0. The molecule has 0 atom stereocenters. The predicted molar refractivity (Wildman–Crippen MR) is 86.3 cm³/mol. The standard InChI is InChI=1S/C17H18N2O4/c1-21-14-5-2-12(3-6-14)8-9-18-17(20)19-13-4-7-15-16(10-13)23-11-22-15/h2-7,10H,8-9,11H2,1H3,(H2,18,19,20). The molecule has 0 saturated heterocycles. The van der Waals surface area contributed by atoms with Crippen LogP contribution in [-0.4, -0.2) is 26.5 Å². The monoisotopic (exact) mass is 314 g/mol. The van der Waals surface area contributed by atoms with Crippen molar-refractivity contribution in [1.82, 2.24) is 5.32 Å². The Morgan fingerprint density at radius 2 is 1.91 bits per heavy atom. The van der Waals surface area contributed by atoms with E-state index in [2.05, 4.69) is 10.6 Å². The fraction of sp³-hybridized carbons (Fsp3) is 0.235. The molecule has 0 aliphatic carbocycles. The molecule has 6 heteroatoms. The third-order valence-corrected chi connectivity index (χ3v) is 3.49. The number of ether oxygens (including phenoxy) is 3. The van der Waals surface area contributed by atoms with Crippen molar-refractivity contribution in [2.45, 2.75) is 6.42 Å². The van der Waals surface area contributed by atoms with E-state index in [9.17, 15) is 4.79 Å². The van der Waals surface area contributed by atoms with Crippen molar-refractivity contribution in [3.05, 3.63) is 48.0 Å². The van der Waals surface area contributed by atoms with Gasteiger partial charge in [0.25, 0.3) is 0 Å². The number of hydrogen-bond acceptors (Lipinski definition) is 4. The predicted octanol–water partition coefficient (Wildman–Crippen LogP) is 2.79. The van der Waals surface area contributed by atoms with E-state index < -0.39 is 0 Å². The fourth-order valence-corrected chi connectivity index (χ4v) is 2.26. The van der Waals surface area contributed by atoms with Crippen LogP contribution < -0.4 is 24.8 Å². The van der Waals surface area contributed by atoms with E-state index in [-0.39, 0.29) is 12.8 Å². The topological polar surface area (TPSA) is 68.8 Å². The number of rotatable bonds is 5. The molecule has 23 heavy (non-hydrogen) atoms. The average Bonchev–Trinajstić information content (AvgIpc) is 3.03. The Bertz CT molecular complexity index is 685. The van der Waals surface area contributed by atoms with Crippen LogP contribution in [0.3, 0.4) is 0 Å². The maximum Gasteiger partial charge on any atom is 0.319 e. The van der Waals surface area contributed by atoms with E-state index in [4.69, 9.17) is 14.2 Å². The molecular weight excluding hydrogens is 296 g/mol.